The first-order valence-electron chi connectivity index (χ1n) is 11.1. The highest BCUT2D eigenvalue weighted by atomic mass is 35.5. The van der Waals surface area contributed by atoms with Gasteiger partial charge in [-0.2, -0.15) is 0 Å². The Morgan fingerprint density at radius 2 is 1.76 bits per heavy atom. The Balaban J connectivity index is 1.28. The molecule has 3 aromatic rings. The van der Waals surface area contributed by atoms with E-state index in [-0.39, 0.29) is 18.2 Å². The average Bonchev–Trinajstić information content (AvgIpc) is 2.84. The summed E-state index contributed by atoms with van der Waals surface area (Å²) in [4.78, 5) is 12.7. The van der Waals surface area contributed by atoms with Crippen molar-refractivity contribution in [3.8, 4) is 5.75 Å². The zero-order chi connectivity index (χ0) is 24.1. The normalized spacial score (nSPS) is 16.9. The van der Waals surface area contributed by atoms with E-state index in [4.69, 9.17) is 27.9 Å². The molecule has 1 aliphatic rings. The number of rotatable bonds is 8. The zero-order valence-corrected chi connectivity index (χ0v) is 20.9. The van der Waals surface area contributed by atoms with Gasteiger partial charge in [-0.15, -0.1) is 0 Å². The number of sulfonamides is 1. The highest BCUT2D eigenvalue weighted by Gasteiger charge is 2.33. The summed E-state index contributed by atoms with van der Waals surface area (Å²) in [6.07, 6.45) is 1.25. The smallest absolute Gasteiger partial charge is 0.224 e. The lowest BCUT2D eigenvalue weighted by Crippen LogP contribution is -2.46. The molecule has 6 nitrogen and oxygen atoms in total. The highest BCUT2D eigenvalue weighted by molar-refractivity contribution is 7.88. The second-order valence-electron chi connectivity index (χ2n) is 8.30. The van der Waals surface area contributed by atoms with E-state index in [1.807, 2.05) is 42.5 Å². The summed E-state index contributed by atoms with van der Waals surface area (Å²) in [6, 6.07) is 18.8. The number of nitrogens with one attached hydrogen (secondary N) is 1. The van der Waals surface area contributed by atoms with E-state index in [1.54, 1.807) is 18.2 Å². The lowest BCUT2D eigenvalue weighted by molar-refractivity contribution is -0.126. The van der Waals surface area contributed by atoms with Crippen LogP contribution in [0.5, 0.6) is 5.75 Å². The van der Waals surface area contributed by atoms with Crippen LogP contribution in [0.4, 0.5) is 0 Å². The molecule has 1 N–H and O–H groups in total. The Morgan fingerprint density at radius 3 is 2.53 bits per heavy atom. The lowest BCUT2D eigenvalue weighted by atomic mass is 9.99. The van der Waals surface area contributed by atoms with Gasteiger partial charge in [-0.25, -0.2) is 12.7 Å². The summed E-state index contributed by atoms with van der Waals surface area (Å²) in [5.74, 6) is -0.135. The van der Waals surface area contributed by atoms with Gasteiger partial charge in [0.15, 0.2) is 0 Å². The van der Waals surface area contributed by atoms with Crippen LogP contribution in [-0.2, 0) is 20.6 Å². The minimum Gasteiger partial charge on any atom is -0.492 e. The molecule has 1 aliphatic heterocycles. The highest BCUT2D eigenvalue weighted by Crippen LogP contribution is 2.29. The molecule has 9 heteroatoms. The van der Waals surface area contributed by atoms with Crippen LogP contribution < -0.4 is 10.1 Å². The quantitative estimate of drug-likeness (QED) is 0.429. The Morgan fingerprint density at radius 1 is 1.03 bits per heavy atom. The van der Waals surface area contributed by atoms with Crippen LogP contribution in [0.2, 0.25) is 10.0 Å². The predicted octanol–water partition coefficient (Wildman–Crippen LogP) is 4.88. The number of piperidine rings is 1. The summed E-state index contributed by atoms with van der Waals surface area (Å²) in [7, 11) is -3.67. The lowest BCUT2D eigenvalue weighted by Gasteiger charge is -2.31. The van der Waals surface area contributed by atoms with Crippen LogP contribution in [0, 0.1) is 5.92 Å². The molecule has 0 aliphatic carbocycles. The molecule has 1 fully saturated rings. The largest absolute Gasteiger partial charge is 0.492 e. The second kappa shape index (κ2) is 11.0. The van der Waals surface area contributed by atoms with E-state index in [2.05, 4.69) is 5.32 Å². The van der Waals surface area contributed by atoms with E-state index in [0.717, 1.165) is 16.5 Å². The molecule has 1 atom stereocenters. The molecule has 1 saturated heterocycles. The van der Waals surface area contributed by atoms with Gasteiger partial charge in [-0.3, -0.25) is 4.79 Å². The van der Waals surface area contributed by atoms with Crippen molar-refractivity contribution in [1.29, 1.82) is 0 Å². The van der Waals surface area contributed by atoms with Crippen LogP contribution in [0.1, 0.15) is 18.4 Å². The topological polar surface area (TPSA) is 75.7 Å². The van der Waals surface area contributed by atoms with Crippen molar-refractivity contribution >= 4 is 49.9 Å². The van der Waals surface area contributed by atoms with E-state index in [0.29, 0.717) is 48.1 Å². The molecule has 0 saturated carbocycles. The van der Waals surface area contributed by atoms with Crippen molar-refractivity contribution in [2.45, 2.75) is 18.6 Å². The number of fused-ring (bicyclic) bond motifs is 1. The van der Waals surface area contributed by atoms with E-state index in [9.17, 15) is 13.2 Å². The van der Waals surface area contributed by atoms with Crippen LogP contribution in [-0.4, -0.2) is 44.9 Å². The molecule has 0 aromatic heterocycles. The first-order valence-corrected chi connectivity index (χ1v) is 13.5. The van der Waals surface area contributed by atoms with Crippen molar-refractivity contribution in [2.24, 2.45) is 5.92 Å². The fourth-order valence-electron chi connectivity index (χ4n) is 4.10. The number of amides is 1. The maximum Gasteiger partial charge on any atom is 0.224 e. The van der Waals surface area contributed by atoms with Gasteiger partial charge in [0, 0.05) is 28.7 Å². The van der Waals surface area contributed by atoms with Gasteiger partial charge in [0.2, 0.25) is 15.9 Å². The minimum absolute atomic E-state index is 0.141. The molecule has 1 heterocycles. The fourth-order valence-corrected chi connectivity index (χ4v) is 6.46. The number of ether oxygens (including phenoxy) is 1. The SMILES string of the molecule is O=C(NCCOc1ccc2ccccc2c1)[C@@H]1CCCN(S(=O)(=O)Cc2c(Cl)cccc2Cl)C1. The molecule has 0 bridgehead atoms. The van der Waals surface area contributed by atoms with Crippen LogP contribution in [0.15, 0.2) is 60.7 Å². The third-order valence-electron chi connectivity index (χ3n) is 5.93. The Hall–Kier alpha value is -2.32. The van der Waals surface area contributed by atoms with Gasteiger partial charge < -0.3 is 10.1 Å². The van der Waals surface area contributed by atoms with Crippen molar-refractivity contribution in [3.63, 3.8) is 0 Å². The van der Waals surface area contributed by atoms with Gasteiger partial charge in [0.1, 0.15) is 12.4 Å². The number of hydrogen-bond donors (Lipinski definition) is 1. The second-order valence-corrected chi connectivity index (χ2v) is 11.1. The first-order chi connectivity index (χ1) is 16.3. The van der Waals surface area contributed by atoms with Gasteiger partial charge in [-0.1, -0.05) is 59.6 Å². The Kier molecular flexibility index (Phi) is 7.99. The standard InChI is InChI=1S/C25H26Cl2N2O4S/c26-23-8-3-9-24(27)22(23)17-34(31,32)29-13-4-7-20(16-29)25(30)28-12-14-33-21-11-10-18-5-1-2-6-19(18)15-21/h1-3,5-6,8-11,15,20H,4,7,12-14,16-17H2,(H,28,30)/t20-/m1/s1. The zero-order valence-electron chi connectivity index (χ0n) is 18.5. The summed E-state index contributed by atoms with van der Waals surface area (Å²) >= 11 is 12.3. The van der Waals surface area contributed by atoms with Gasteiger partial charge >= 0.3 is 0 Å². The monoisotopic (exact) mass is 520 g/mol. The van der Waals surface area contributed by atoms with Crippen molar-refractivity contribution in [1.82, 2.24) is 9.62 Å². The van der Waals surface area contributed by atoms with E-state index >= 15 is 0 Å². The summed E-state index contributed by atoms with van der Waals surface area (Å²) < 4.78 is 33.1. The maximum absolute atomic E-state index is 13.0. The molecule has 0 unspecified atom stereocenters. The van der Waals surface area contributed by atoms with E-state index in [1.165, 1.54) is 4.31 Å². The molecule has 4 rings (SSSR count). The predicted molar refractivity (Wildman–Crippen MR) is 136 cm³/mol. The average molecular weight is 521 g/mol. The first kappa shape index (κ1) is 24.8. The Labute approximate surface area is 209 Å². The van der Waals surface area contributed by atoms with Crippen molar-refractivity contribution < 1.29 is 17.9 Å². The van der Waals surface area contributed by atoms with Crippen molar-refractivity contribution in [3.05, 3.63) is 76.3 Å². The summed E-state index contributed by atoms with van der Waals surface area (Å²) in [6.45, 7) is 1.18. The fraction of sp³-hybridized carbons (Fsp3) is 0.320. The van der Waals surface area contributed by atoms with Gasteiger partial charge in [0.25, 0.3) is 0 Å². The molecule has 1 amide bonds. The number of benzene rings is 3. The third kappa shape index (κ3) is 6.02. The number of halogens is 2. The molecular formula is C25H26Cl2N2O4S. The number of carbonyl (C=O) groups excluding carboxylic acids is 1. The molecule has 3 aromatic carbocycles. The third-order valence-corrected chi connectivity index (χ3v) is 8.41. The van der Waals surface area contributed by atoms with Crippen LogP contribution in [0.3, 0.4) is 0 Å². The van der Waals surface area contributed by atoms with Gasteiger partial charge in [-0.05, 0) is 47.9 Å². The molecule has 0 radical (unpaired) electrons. The number of nitrogens with zero attached hydrogens (tertiary/aromatic N) is 1. The van der Waals surface area contributed by atoms with Crippen molar-refractivity contribution in [2.75, 3.05) is 26.2 Å². The number of hydrogen-bond acceptors (Lipinski definition) is 4. The van der Waals surface area contributed by atoms with Crippen LogP contribution in [0.25, 0.3) is 10.8 Å². The van der Waals surface area contributed by atoms with Gasteiger partial charge in [0.05, 0.1) is 18.2 Å². The molecule has 0 spiro atoms. The maximum atomic E-state index is 13.0. The molecule has 180 valence electrons. The minimum atomic E-state index is -3.67. The molecule has 34 heavy (non-hydrogen) atoms. The molecular weight excluding hydrogens is 495 g/mol. The van der Waals surface area contributed by atoms with Crippen LogP contribution >= 0.6 is 23.2 Å². The summed E-state index contributed by atoms with van der Waals surface area (Å²) in [5, 5.41) is 5.72. The summed E-state index contributed by atoms with van der Waals surface area (Å²) in [5.41, 5.74) is 0.378. The number of carbonyl (C=O) groups is 1. The van der Waals surface area contributed by atoms with E-state index < -0.39 is 15.9 Å². The Bertz CT molecular complexity index is 1260.